The Bertz CT molecular complexity index is 1660. The smallest absolute Gasteiger partial charge is 0.326 e. The second-order valence-corrected chi connectivity index (χ2v) is 15.7. The maximum absolute atomic E-state index is 14.8. The number of amides is 5. The summed E-state index contributed by atoms with van der Waals surface area (Å²) in [5.74, 6) is -3.24. The molecule has 4 N–H and O–H groups in total. The Morgan fingerprint density at radius 1 is 0.764 bits per heavy atom. The zero-order valence-electron chi connectivity index (χ0n) is 32.5. The molecule has 0 bridgehead atoms. The zero-order chi connectivity index (χ0) is 39.5. The van der Waals surface area contributed by atoms with Crippen molar-refractivity contribution >= 4 is 35.5 Å². The minimum atomic E-state index is -1.08. The molecule has 0 spiro atoms. The van der Waals surface area contributed by atoms with E-state index in [4.69, 9.17) is 0 Å². The van der Waals surface area contributed by atoms with Crippen LogP contribution in [0.4, 0.5) is 0 Å². The summed E-state index contributed by atoms with van der Waals surface area (Å²) in [5.41, 5.74) is 2.58. The van der Waals surface area contributed by atoms with Crippen molar-refractivity contribution in [3.8, 4) is 0 Å². The number of hydrogen-bond acceptors (Lipinski definition) is 7. The van der Waals surface area contributed by atoms with Crippen LogP contribution >= 0.6 is 0 Å². The fourth-order valence-corrected chi connectivity index (χ4v) is 8.36. The topological polar surface area (TPSA) is 168 Å². The number of nitrogens with one attached hydrogen (secondary N) is 3. The van der Waals surface area contributed by atoms with Gasteiger partial charge in [0.1, 0.15) is 30.2 Å². The van der Waals surface area contributed by atoms with Crippen LogP contribution in [0.1, 0.15) is 87.8 Å². The maximum Gasteiger partial charge on any atom is 0.326 e. The number of carbonyl (C=O) groups excluding carboxylic acids is 5. The van der Waals surface area contributed by atoms with Gasteiger partial charge in [-0.2, -0.15) is 0 Å². The number of carbonyl (C=O) groups is 6. The summed E-state index contributed by atoms with van der Waals surface area (Å²) in [6, 6.07) is 12.1. The molecule has 1 saturated carbocycles. The van der Waals surface area contributed by atoms with Crippen LogP contribution in [0.25, 0.3) is 0 Å². The van der Waals surface area contributed by atoms with Gasteiger partial charge in [0.15, 0.2) is 0 Å². The Labute approximate surface area is 324 Å². The van der Waals surface area contributed by atoms with Crippen molar-refractivity contribution in [1.82, 2.24) is 30.7 Å². The number of likely N-dealkylation sites (tertiary alicyclic amines) is 1. The predicted octanol–water partition coefficient (Wildman–Crippen LogP) is 3.04. The summed E-state index contributed by atoms with van der Waals surface area (Å²) in [6.07, 6.45) is 7.32. The van der Waals surface area contributed by atoms with E-state index in [1.54, 1.807) is 0 Å². The van der Waals surface area contributed by atoms with Crippen molar-refractivity contribution < 1.29 is 33.9 Å². The first-order valence-corrected chi connectivity index (χ1v) is 19.9. The number of carboxylic acids is 1. The van der Waals surface area contributed by atoms with E-state index in [0.29, 0.717) is 32.1 Å². The first-order chi connectivity index (χ1) is 26.4. The Hall–Kier alpha value is -4.78. The Kier molecular flexibility index (Phi) is 14.8. The van der Waals surface area contributed by atoms with Gasteiger partial charge in [-0.3, -0.25) is 24.0 Å². The molecule has 0 radical (unpaired) electrons. The molecule has 1 saturated heterocycles. The van der Waals surface area contributed by atoms with Crippen LogP contribution in [0.15, 0.2) is 54.6 Å². The van der Waals surface area contributed by atoms with E-state index in [1.165, 1.54) is 16.7 Å². The SMILES string of the molecule is CC(=O)NC(C(=O)N[C@@H](CCCCN(C)C)C(=O)N1Cc2ccccc2C[C@H]1C(=O)N[C@@H](Cc1ccccc1)C(=O)N1CCCCC1C(=O)O)C1CCCC1. The number of aliphatic carboxylic acids is 1. The highest BCUT2D eigenvalue weighted by atomic mass is 16.4. The molecule has 2 aromatic rings. The molecule has 298 valence electrons. The van der Waals surface area contributed by atoms with E-state index in [2.05, 4.69) is 20.9 Å². The van der Waals surface area contributed by atoms with E-state index in [0.717, 1.165) is 55.3 Å². The van der Waals surface area contributed by atoms with Gasteiger partial charge in [0.05, 0.1) is 0 Å². The number of piperidine rings is 1. The molecule has 2 aromatic carbocycles. The molecule has 0 aromatic heterocycles. The van der Waals surface area contributed by atoms with Crippen molar-refractivity contribution in [2.45, 2.75) is 121 Å². The highest BCUT2D eigenvalue weighted by Crippen LogP contribution is 2.29. The Balaban J connectivity index is 1.44. The highest BCUT2D eigenvalue weighted by molar-refractivity contribution is 5.96. The molecule has 2 unspecified atom stereocenters. The van der Waals surface area contributed by atoms with Crippen LogP contribution in [0.2, 0.25) is 0 Å². The number of carboxylic acid groups (broad SMARTS) is 1. The highest BCUT2D eigenvalue weighted by Gasteiger charge is 2.42. The molecule has 2 aliphatic heterocycles. The van der Waals surface area contributed by atoms with Gasteiger partial charge in [-0.1, -0.05) is 67.4 Å². The van der Waals surface area contributed by atoms with Crippen molar-refractivity contribution in [3.63, 3.8) is 0 Å². The molecule has 3 aliphatic rings. The second-order valence-electron chi connectivity index (χ2n) is 15.7. The number of unbranched alkanes of at least 4 members (excludes halogenated alkanes) is 1. The molecule has 5 amide bonds. The molecular formula is C42H58N6O7. The lowest BCUT2D eigenvalue weighted by atomic mass is 9.91. The third kappa shape index (κ3) is 11.1. The van der Waals surface area contributed by atoms with Crippen molar-refractivity contribution in [2.75, 3.05) is 27.2 Å². The third-order valence-corrected chi connectivity index (χ3v) is 11.3. The van der Waals surface area contributed by atoms with Gasteiger partial charge >= 0.3 is 5.97 Å². The summed E-state index contributed by atoms with van der Waals surface area (Å²) in [5, 5.41) is 18.8. The van der Waals surface area contributed by atoms with E-state index < -0.39 is 59.8 Å². The molecule has 13 heteroatoms. The van der Waals surface area contributed by atoms with E-state index >= 15 is 0 Å². The lowest BCUT2D eigenvalue weighted by Gasteiger charge is -2.40. The number of rotatable bonds is 16. The van der Waals surface area contributed by atoms with Crippen LogP contribution in [-0.4, -0.2) is 113 Å². The lowest BCUT2D eigenvalue weighted by molar-refractivity contribution is -0.153. The second kappa shape index (κ2) is 19.7. The van der Waals surface area contributed by atoms with Crippen LogP contribution in [0, 0.1) is 5.92 Å². The lowest BCUT2D eigenvalue weighted by Crippen LogP contribution is -2.62. The normalized spacial score (nSPS) is 20.2. The minimum Gasteiger partial charge on any atom is -0.480 e. The molecule has 2 fully saturated rings. The van der Waals surface area contributed by atoms with Gasteiger partial charge in [-0.25, -0.2) is 4.79 Å². The van der Waals surface area contributed by atoms with Gasteiger partial charge in [0.25, 0.3) is 0 Å². The van der Waals surface area contributed by atoms with Crippen LogP contribution < -0.4 is 16.0 Å². The zero-order valence-corrected chi connectivity index (χ0v) is 32.5. The van der Waals surface area contributed by atoms with Crippen molar-refractivity contribution in [1.29, 1.82) is 0 Å². The summed E-state index contributed by atoms with van der Waals surface area (Å²) in [4.78, 5) is 87.0. The summed E-state index contributed by atoms with van der Waals surface area (Å²) >= 11 is 0. The summed E-state index contributed by atoms with van der Waals surface area (Å²) in [7, 11) is 3.95. The molecule has 13 nitrogen and oxygen atoms in total. The number of fused-ring (bicyclic) bond motifs is 1. The average molecular weight is 759 g/mol. The largest absolute Gasteiger partial charge is 0.480 e. The Morgan fingerprint density at radius 3 is 2.09 bits per heavy atom. The van der Waals surface area contributed by atoms with E-state index in [1.807, 2.05) is 68.7 Å². The number of hydrogen-bond donors (Lipinski definition) is 4. The van der Waals surface area contributed by atoms with Crippen LogP contribution in [0.5, 0.6) is 0 Å². The van der Waals surface area contributed by atoms with Gasteiger partial charge in [-0.15, -0.1) is 0 Å². The van der Waals surface area contributed by atoms with Gasteiger partial charge in [0.2, 0.25) is 29.5 Å². The minimum absolute atomic E-state index is 0.0338. The summed E-state index contributed by atoms with van der Waals surface area (Å²) in [6.45, 7) is 2.58. The number of benzene rings is 2. The maximum atomic E-state index is 14.8. The van der Waals surface area contributed by atoms with E-state index in [-0.39, 0.29) is 37.8 Å². The fraction of sp³-hybridized carbons (Fsp3) is 0.571. The van der Waals surface area contributed by atoms with Crippen LogP contribution in [-0.2, 0) is 48.2 Å². The first kappa shape index (κ1) is 41.4. The third-order valence-electron chi connectivity index (χ3n) is 11.3. The molecule has 5 atom stereocenters. The molecule has 2 heterocycles. The Morgan fingerprint density at radius 2 is 1.42 bits per heavy atom. The quantitative estimate of drug-likeness (QED) is 0.190. The van der Waals surface area contributed by atoms with Gasteiger partial charge < -0.3 is 35.8 Å². The predicted molar refractivity (Wildman–Crippen MR) is 207 cm³/mol. The van der Waals surface area contributed by atoms with Crippen LogP contribution in [0.3, 0.4) is 0 Å². The monoisotopic (exact) mass is 758 g/mol. The van der Waals surface area contributed by atoms with Crippen molar-refractivity contribution in [2.24, 2.45) is 5.92 Å². The molecule has 1 aliphatic carbocycles. The molecular weight excluding hydrogens is 700 g/mol. The molecule has 5 rings (SSSR count). The van der Waals surface area contributed by atoms with E-state index in [9.17, 15) is 33.9 Å². The van der Waals surface area contributed by atoms with Gasteiger partial charge in [-0.05, 0) is 94.6 Å². The van der Waals surface area contributed by atoms with Crippen molar-refractivity contribution in [3.05, 3.63) is 71.3 Å². The first-order valence-electron chi connectivity index (χ1n) is 19.9. The molecule has 55 heavy (non-hydrogen) atoms. The number of nitrogens with zero attached hydrogens (tertiary/aromatic N) is 3. The average Bonchev–Trinajstić information content (AvgIpc) is 3.72. The van der Waals surface area contributed by atoms with Gasteiger partial charge in [0, 0.05) is 32.9 Å². The fourth-order valence-electron chi connectivity index (χ4n) is 8.36. The standard InChI is InChI=1S/C42H58N6O7/c1-28(49)43-37(30-17-7-8-18-30)39(51)44-33(21-11-13-23-46(2)3)40(52)48-27-32-20-10-9-19-31(32)26-36(48)38(50)45-34(25-29-15-5-4-6-16-29)41(53)47-24-14-12-22-35(47)42(54)55/h4-6,9-10,15-16,19-20,30,33-37H,7-8,11-14,17-18,21-27H2,1-3H3,(H,43,49)(H,44,51)(H,45,50)(H,54,55)/t33-,34-,35?,36-,37?/m0/s1. The summed E-state index contributed by atoms with van der Waals surface area (Å²) < 4.78 is 0.